The summed E-state index contributed by atoms with van der Waals surface area (Å²) in [6, 6.07) is 15.8. The van der Waals surface area contributed by atoms with E-state index in [1.54, 1.807) is 7.11 Å². The van der Waals surface area contributed by atoms with Gasteiger partial charge in [-0.1, -0.05) is 18.2 Å². The number of aryl methyl sites for hydroxylation is 1. The van der Waals surface area contributed by atoms with E-state index in [9.17, 15) is 4.79 Å². The monoisotopic (exact) mass is 367 g/mol. The van der Waals surface area contributed by atoms with E-state index < -0.39 is 0 Å². The van der Waals surface area contributed by atoms with E-state index in [0.717, 1.165) is 43.9 Å². The molecule has 1 heterocycles. The van der Waals surface area contributed by atoms with Gasteiger partial charge in [-0.25, -0.2) is 0 Å². The number of benzene rings is 2. The average Bonchev–Trinajstić information content (AvgIpc) is 2.73. The maximum absolute atomic E-state index is 12.7. The molecule has 1 fully saturated rings. The Labute approximate surface area is 162 Å². The van der Waals surface area contributed by atoms with Gasteiger partial charge in [-0.05, 0) is 74.4 Å². The van der Waals surface area contributed by atoms with Crippen molar-refractivity contribution < 1.29 is 14.3 Å². The first-order valence-electron chi connectivity index (χ1n) is 9.84. The van der Waals surface area contributed by atoms with Gasteiger partial charge < -0.3 is 14.4 Å². The van der Waals surface area contributed by atoms with Crippen LogP contribution in [-0.2, 0) is 6.42 Å². The Balaban J connectivity index is 1.46. The third kappa shape index (κ3) is 5.25. The van der Waals surface area contributed by atoms with Gasteiger partial charge in [0.25, 0.3) is 5.91 Å². The predicted octanol–water partition coefficient (Wildman–Crippen LogP) is 4.58. The number of hydrogen-bond donors (Lipinski definition) is 0. The number of nitrogens with zero attached hydrogens (tertiary/aromatic N) is 1. The van der Waals surface area contributed by atoms with Crippen LogP contribution in [0.15, 0.2) is 48.5 Å². The number of hydrogen-bond acceptors (Lipinski definition) is 3. The van der Waals surface area contributed by atoms with Crippen LogP contribution < -0.4 is 9.47 Å². The van der Waals surface area contributed by atoms with Crippen LogP contribution in [-0.4, -0.2) is 37.6 Å². The molecule has 4 heteroatoms. The summed E-state index contributed by atoms with van der Waals surface area (Å²) in [5, 5.41) is 0. The Morgan fingerprint density at radius 1 is 1.07 bits per heavy atom. The first-order valence-corrected chi connectivity index (χ1v) is 9.84. The van der Waals surface area contributed by atoms with Gasteiger partial charge in [-0.15, -0.1) is 0 Å². The quantitative estimate of drug-likeness (QED) is 0.719. The maximum Gasteiger partial charge on any atom is 0.253 e. The third-order valence-corrected chi connectivity index (χ3v) is 5.29. The number of ether oxygens (including phenoxy) is 2. The molecule has 0 unspecified atom stereocenters. The normalized spacial score (nSPS) is 14.8. The molecule has 1 aliphatic heterocycles. The zero-order valence-corrected chi connectivity index (χ0v) is 16.3. The van der Waals surface area contributed by atoms with Crippen LogP contribution in [0.3, 0.4) is 0 Å². The first-order chi connectivity index (χ1) is 13.2. The van der Waals surface area contributed by atoms with Crippen molar-refractivity contribution in [1.82, 2.24) is 4.90 Å². The standard InChI is InChI=1S/C23H29NO3/c1-3-27-21-11-9-18(10-12-21)7-8-19-13-15-24(16-14-19)23(25)20-5-4-6-22(17-20)26-2/h4-6,9-12,17,19H,3,7-8,13-16H2,1-2H3. The molecule has 1 saturated heterocycles. The number of carbonyl (C=O) groups is 1. The highest BCUT2D eigenvalue weighted by Crippen LogP contribution is 2.25. The summed E-state index contributed by atoms with van der Waals surface area (Å²) >= 11 is 0. The topological polar surface area (TPSA) is 38.8 Å². The van der Waals surface area contributed by atoms with Crippen molar-refractivity contribution in [2.24, 2.45) is 5.92 Å². The molecule has 2 aromatic rings. The molecule has 0 spiro atoms. The first kappa shape index (κ1) is 19.3. The van der Waals surface area contributed by atoms with Crippen LogP contribution >= 0.6 is 0 Å². The lowest BCUT2D eigenvalue weighted by atomic mass is 9.90. The Kier molecular flexibility index (Phi) is 6.74. The van der Waals surface area contributed by atoms with E-state index in [0.29, 0.717) is 18.1 Å². The fourth-order valence-electron chi connectivity index (χ4n) is 3.65. The van der Waals surface area contributed by atoms with Crippen molar-refractivity contribution in [3.8, 4) is 11.5 Å². The van der Waals surface area contributed by atoms with Gasteiger partial charge in [0.1, 0.15) is 11.5 Å². The lowest BCUT2D eigenvalue weighted by Gasteiger charge is -2.32. The fourth-order valence-corrected chi connectivity index (χ4v) is 3.65. The average molecular weight is 367 g/mol. The molecule has 3 rings (SSSR count). The highest BCUT2D eigenvalue weighted by molar-refractivity contribution is 5.94. The maximum atomic E-state index is 12.7. The summed E-state index contributed by atoms with van der Waals surface area (Å²) in [6.07, 6.45) is 4.41. The molecule has 2 aromatic carbocycles. The molecule has 0 aromatic heterocycles. The summed E-state index contributed by atoms with van der Waals surface area (Å²) in [5.41, 5.74) is 2.07. The van der Waals surface area contributed by atoms with Gasteiger partial charge in [-0.2, -0.15) is 0 Å². The lowest BCUT2D eigenvalue weighted by molar-refractivity contribution is 0.0686. The zero-order chi connectivity index (χ0) is 19.1. The molecule has 4 nitrogen and oxygen atoms in total. The van der Waals surface area contributed by atoms with Crippen molar-refractivity contribution >= 4 is 5.91 Å². The summed E-state index contributed by atoms with van der Waals surface area (Å²) < 4.78 is 10.7. The molecule has 0 bridgehead atoms. The van der Waals surface area contributed by atoms with Crippen LogP contribution in [0.1, 0.15) is 42.1 Å². The number of carbonyl (C=O) groups excluding carboxylic acids is 1. The highest BCUT2D eigenvalue weighted by Gasteiger charge is 2.23. The Bertz CT molecular complexity index is 734. The molecular weight excluding hydrogens is 338 g/mol. The van der Waals surface area contributed by atoms with Crippen LogP contribution in [0.4, 0.5) is 0 Å². The van der Waals surface area contributed by atoms with E-state index in [4.69, 9.17) is 9.47 Å². The highest BCUT2D eigenvalue weighted by atomic mass is 16.5. The second kappa shape index (κ2) is 9.45. The lowest BCUT2D eigenvalue weighted by Crippen LogP contribution is -2.38. The number of likely N-dealkylation sites (tertiary alicyclic amines) is 1. The van der Waals surface area contributed by atoms with E-state index in [-0.39, 0.29) is 5.91 Å². The molecule has 0 saturated carbocycles. The molecule has 0 N–H and O–H groups in total. The van der Waals surface area contributed by atoms with Gasteiger partial charge in [0, 0.05) is 18.7 Å². The smallest absolute Gasteiger partial charge is 0.253 e. The molecule has 144 valence electrons. The summed E-state index contributed by atoms with van der Waals surface area (Å²) in [5.74, 6) is 2.46. The zero-order valence-electron chi connectivity index (χ0n) is 16.3. The van der Waals surface area contributed by atoms with Crippen LogP contribution in [0.2, 0.25) is 0 Å². The van der Waals surface area contributed by atoms with Crippen molar-refractivity contribution in [2.45, 2.75) is 32.6 Å². The Morgan fingerprint density at radius 2 is 1.81 bits per heavy atom. The number of amides is 1. The summed E-state index contributed by atoms with van der Waals surface area (Å²) in [6.45, 7) is 4.37. The summed E-state index contributed by atoms with van der Waals surface area (Å²) in [4.78, 5) is 14.7. The molecule has 27 heavy (non-hydrogen) atoms. The van der Waals surface area contributed by atoms with Gasteiger partial charge in [0.15, 0.2) is 0 Å². The van der Waals surface area contributed by atoms with E-state index in [2.05, 4.69) is 12.1 Å². The minimum Gasteiger partial charge on any atom is -0.497 e. The molecular formula is C23H29NO3. The fraction of sp³-hybridized carbons (Fsp3) is 0.435. The van der Waals surface area contributed by atoms with Crippen molar-refractivity contribution in [1.29, 1.82) is 0 Å². The van der Waals surface area contributed by atoms with Crippen LogP contribution in [0.5, 0.6) is 11.5 Å². The number of rotatable bonds is 7. The second-order valence-electron chi connectivity index (χ2n) is 7.08. The third-order valence-electron chi connectivity index (χ3n) is 5.29. The van der Waals surface area contributed by atoms with E-state index >= 15 is 0 Å². The molecule has 1 aliphatic rings. The van der Waals surface area contributed by atoms with Crippen molar-refractivity contribution in [3.05, 3.63) is 59.7 Å². The van der Waals surface area contributed by atoms with Gasteiger partial charge in [0.05, 0.1) is 13.7 Å². The Morgan fingerprint density at radius 3 is 2.48 bits per heavy atom. The molecule has 0 radical (unpaired) electrons. The molecule has 0 aliphatic carbocycles. The molecule has 1 amide bonds. The van der Waals surface area contributed by atoms with Crippen LogP contribution in [0, 0.1) is 5.92 Å². The van der Waals surface area contributed by atoms with Gasteiger partial charge >= 0.3 is 0 Å². The van der Waals surface area contributed by atoms with Gasteiger partial charge in [-0.3, -0.25) is 4.79 Å². The minimum atomic E-state index is 0.110. The minimum absolute atomic E-state index is 0.110. The van der Waals surface area contributed by atoms with E-state index in [1.165, 1.54) is 12.0 Å². The molecule has 0 atom stereocenters. The second-order valence-corrected chi connectivity index (χ2v) is 7.08. The number of piperidine rings is 1. The summed E-state index contributed by atoms with van der Waals surface area (Å²) in [7, 11) is 1.62. The number of methoxy groups -OCH3 is 1. The predicted molar refractivity (Wildman–Crippen MR) is 108 cm³/mol. The Hall–Kier alpha value is -2.49. The van der Waals surface area contributed by atoms with Crippen LogP contribution in [0.25, 0.3) is 0 Å². The van der Waals surface area contributed by atoms with Gasteiger partial charge in [0.2, 0.25) is 0 Å². The van der Waals surface area contributed by atoms with Crippen molar-refractivity contribution in [3.63, 3.8) is 0 Å². The van der Waals surface area contributed by atoms with Crippen molar-refractivity contribution in [2.75, 3.05) is 26.8 Å². The van der Waals surface area contributed by atoms with E-state index in [1.807, 2.05) is 48.2 Å². The largest absolute Gasteiger partial charge is 0.497 e. The SMILES string of the molecule is CCOc1ccc(CCC2CCN(C(=O)c3cccc(OC)c3)CC2)cc1.